The van der Waals surface area contributed by atoms with E-state index in [0.29, 0.717) is 0 Å². The molecule has 49 heavy (non-hydrogen) atoms. The first kappa shape index (κ1) is 28.4. The van der Waals surface area contributed by atoms with Gasteiger partial charge in [-0.15, -0.1) is 0 Å². The van der Waals surface area contributed by atoms with Crippen LogP contribution in [0.5, 0.6) is 0 Å². The first-order valence-electron chi connectivity index (χ1n) is 17.5. The molecule has 0 saturated carbocycles. The number of hydrogen-bond donors (Lipinski definition) is 0. The van der Waals surface area contributed by atoms with Gasteiger partial charge in [0, 0.05) is 57.9 Å². The smallest absolute Gasteiger partial charge is 0.0629 e. The second kappa shape index (κ2) is 10.7. The highest BCUT2D eigenvalue weighted by Crippen LogP contribution is 2.52. The Bertz CT molecular complexity index is 2430. The van der Waals surface area contributed by atoms with E-state index in [-0.39, 0.29) is 17.4 Å². The van der Waals surface area contributed by atoms with Crippen LogP contribution in [0, 0.1) is 0 Å². The predicted molar refractivity (Wildman–Crippen MR) is 204 cm³/mol. The zero-order valence-electron chi connectivity index (χ0n) is 27.8. The number of aromatic nitrogens is 2. The van der Waals surface area contributed by atoms with E-state index in [4.69, 9.17) is 0 Å². The highest BCUT2D eigenvalue weighted by Gasteiger charge is 2.38. The molecule has 3 nitrogen and oxygen atoms in total. The summed E-state index contributed by atoms with van der Waals surface area (Å²) < 4.78 is 2.34. The number of pyridine rings is 1. The SMILES string of the molecule is CC1(C)C2=C(CCC=C2)c2cc(-c3cccc(N4c5ccccc5-c5ccc6ccn(-c7ccncc7)c6c5C5C=CC=CC54)c3)ccc21. The predicted octanol–water partition coefficient (Wildman–Crippen LogP) is 11.5. The fourth-order valence-corrected chi connectivity index (χ4v) is 9.07. The molecule has 0 radical (unpaired) electrons. The molecular weight excluding hydrogens is 595 g/mol. The van der Waals surface area contributed by atoms with Crippen molar-refractivity contribution in [1.82, 2.24) is 9.55 Å². The molecule has 1 aliphatic heterocycles. The Morgan fingerprint density at radius 2 is 1.59 bits per heavy atom. The van der Waals surface area contributed by atoms with Crippen molar-refractivity contribution in [2.24, 2.45) is 0 Å². The molecule has 3 heterocycles. The fraction of sp³-hybridized carbons (Fsp3) is 0.152. The van der Waals surface area contributed by atoms with Crippen LogP contribution >= 0.6 is 0 Å². The molecule has 0 N–H and O–H groups in total. The first-order chi connectivity index (χ1) is 24.1. The lowest BCUT2D eigenvalue weighted by molar-refractivity contribution is 0.651. The summed E-state index contributed by atoms with van der Waals surface area (Å²) in [5, 5.41) is 1.25. The second-order valence-electron chi connectivity index (χ2n) is 14.3. The zero-order chi connectivity index (χ0) is 32.7. The van der Waals surface area contributed by atoms with E-state index in [1.54, 1.807) is 0 Å². The van der Waals surface area contributed by atoms with Gasteiger partial charge in [0.05, 0.1) is 11.6 Å². The van der Waals surface area contributed by atoms with Crippen LogP contribution in [-0.2, 0) is 5.41 Å². The minimum atomic E-state index is 0.0469. The van der Waals surface area contributed by atoms with Crippen LogP contribution in [-0.4, -0.2) is 15.6 Å². The van der Waals surface area contributed by atoms with E-state index in [1.807, 2.05) is 12.4 Å². The summed E-state index contributed by atoms with van der Waals surface area (Å²) in [6, 6.07) is 36.5. The Hall–Kier alpha value is -5.67. The van der Waals surface area contributed by atoms with E-state index in [0.717, 1.165) is 18.5 Å². The van der Waals surface area contributed by atoms with Crippen molar-refractivity contribution in [3.05, 3.63) is 174 Å². The molecule has 3 heteroatoms. The standard InChI is InChI=1S/C46H37N3/c1-46(2)40-15-6-3-12-35(40)39-29-32(19-21-41(39)46)31-10-9-11-34(28-31)49-42-16-7-4-13-36(42)37-20-18-30-24-27-48(33-22-25-47-26-23-33)45(30)44(37)38-14-5-8-17-43(38)49/h4-11,13-29,38,43H,3,12H2,1-2H3. The van der Waals surface area contributed by atoms with Crippen LogP contribution in [0.15, 0.2) is 158 Å². The molecule has 0 amide bonds. The third kappa shape index (κ3) is 4.18. The number of hydrogen-bond acceptors (Lipinski definition) is 2. The van der Waals surface area contributed by atoms with E-state index in [1.165, 1.54) is 72.4 Å². The number of nitrogens with zero attached hydrogens (tertiary/aromatic N) is 3. The van der Waals surface area contributed by atoms with Gasteiger partial charge in [0.15, 0.2) is 0 Å². The van der Waals surface area contributed by atoms with E-state index in [9.17, 15) is 0 Å². The highest BCUT2D eigenvalue weighted by atomic mass is 15.2. The average Bonchev–Trinajstić information content (AvgIpc) is 3.65. The van der Waals surface area contributed by atoms with Crippen LogP contribution in [0.25, 0.3) is 44.4 Å². The van der Waals surface area contributed by atoms with Crippen molar-refractivity contribution in [3.63, 3.8) is 0 Å². The Morgan fingerprint density at radius 1 is 0.735 bits per heavy atom. The zero-order valence-corrected chi connectivity index (χ0v) is 27.8. The summed E-state index contributed by atoms with van der Waals surface area (Å²) in [7, 11) is 0. The summed E-state index contributed by atoms with van der Waals surface area (Å²) >= 11 is 0. The first-order valence-corrected chi connectivity index (χ1v) is 17.5. The monoisotopic (exact) mass is 631 g/mol. The summed E-state index contributed by atoms with van der Waals surface area (Å²) in [5.41, 5.74) is 17.2. The van der Waals surface area contributed by atoms with Crippen molar-refractivity contribution in [1.29, 1.82) is 0 Å². The molecular formula is C46H37N3. The quantitative estimate of drug-likeness (QED) is 0.194. The van der Waals surface area contributed by atoms with Gasteiger partial charge in [0.1, 0.15) is 0 Å². The normalized spacial score (nSPS) is 19.7. The molecule has 3 aliphatic carbocycles. The van der Waals surface area contributed by atoms with Crippen molar-refractivity contribution in [2.45, 2.75) is 44.1 Å². The minimum Gasteiger partial charge on any atom is -0.333 e. The molecule has 4 aromatic carbocycles. The molecule has 6 aromatic rings. The van der Waals surface area contributed by atoms with Crippen molar-refractivity contribution in [3.8, 4) is 27.9 Å². The Balaban J connectivity index is 1.15. The van der Waals surface area contributed by atoms with Gasteiger partial charge in [-0.3, -0.25) is 4.98 Å². The molecule has 0 fully saturated rings. The van der Waals surface area contributed by atoms with Gasteiger partial charge in [0.25, 0.3) is 0 Å². The molecule has 2 unspecified atom stereocenters. The number of para-hydroxylation sites is 1. The van der Waals surface area contributed by atoms with Crippen LogP contribution in [0.4, 0.5) is 11.4 Å². The molecule has 2 atom stereocenters. The van der Waals surface area contributed by atoms with Crippen LogP contribution < -0.4 is 4.90 Å². The lowest BCUT2D eigenvalue weighted by Crippen LogP contribution is -2.34. The Labute approximate surface area is 287 Å². The van der Waals surface area contributed by atoms with Gasteiger partial charge < -0.3 is 9.47 Å². The summed E-state index contributed by atoms with van der Waals surface area (Å²) in [6.07, 6.45) is 22.2. The molecule has 236 valence electrons. The third-order valence-corrected chi connectivity index (χ3v) is 11.3. The maximum atomic E-state index is 4.30. The third-order valence-electron chi connectivity index (χ3n) is 11.3. The average molecular weight is 632 g/mol. The number of anilines is 2. The summed E-state index contributed by atoms with van der Waals surface area (Å²) in [5.74, 6) is 0.141. The van der Waals surface area contributed by atoms with E-state index >= 15 is 0 Å². The van der Waals surface area contributed by atoms with Gasteiger partial charge in [-0.25, -0.2) is 0 Å². The van der Waals surface area contributed by atoms with Gasteiger partial charge in [-0.2, -0.15) is 0 Å². The van der Waals surface area contributed by atoms with E-state index < -0.39 is 0 Å². The summed E-state index contributed by atoms with van der Waals surface area (Å²) in [4.78, 5) is 6.88. The van der Waals surface area contributed by atoms with E-state index in [2.05, 4.69) is 168 Å². The van der Waals surface area contributed by atoms with Crippen LogP contribution in [0.3, 0.4) is 0 Å². The van der Waals surface area contributed by atoms with Gasteiger partial charge in [-0.1, -0.05) is 105 Å². The lowest BCUT2D eigenvalue weighted by Gasteiger charge is -2.36. The molecule has 0 saturated heterocycles. The highest BCUT2D eigenvalue weighted by molar-refractivity contribution is 5.97. The maximum Gasteiger partial charge on any atom is 0.0629 e. The van der Waals surface area contributed by atoms with Gasteiger partial charge >= 0.3 is 0 Å². The number of fused-ring (bicyclic) bond motifs is 9. The largest absolute Gasteiger partial charge is 0.333 e. The number of allylic oxidation sites excluding steroid dienone is 6. The van der Waals surface area contributed by atoms with Crippen molar-refractivity contribution >= 4 is 27.9 Å². The molecule has 4 aliphatic rings. The minimum absolute atomic E-state index is 0.0469. The second-order valence-corrected chi connectivity index (χ2v) is 14.3. The topological polar surface area (TPSA) is 21.1 Å². The molecule has 2 aromatic heterocycles. The van der Waals surface area contributed by atoms with Crippen LogP contribution in [0.2, 0.25) is 0 Å². The Morgan fingerprint density at radius 3 is 2.51 bits per heavy atom. The lowest BCUT2D eigenvalue weighted by atomic mass is 9.80. The molecule has 0 spiro atoms. The van der Waals surface area contributed by atoms with Crippen molar-refractivity contribution in [2.75, 3.05) is 4.90 Å². The fourth-order valence-electron chi connectivity index (χ4n) is 9.07. The van der Waals surface area contributed by atoms with Crippen LogP contribution in [0.1, 0.15) is 49.3 Å². The van der Waals surface area contributed by atoms with Gasteiger partial charge in [-0.05, 0) is 99.8 Å². The maximum absolute atomic E-state index is 4.30. The van der Waals surface area contributed by atoms with Crippen molar-refractivity contribution < 1.29 is 0 Å². The number of rotatable bonds is 3. The molecule has 10 rings (SSSR count). The van der Waals surface area contributed by atoms with Gasteiger partial charge in [0.2, 0.25) is 0 Å². The molecule has 0 bridgehead atoms. The summed E-state index contributed by atoms with van der Waals surface area (Å²) in [6.45, 7) is 4.76. The Kier molecular flexibility index (Phi) is 6.17. The number of benzene rings is 4.